The van der Waals surface area contributed by atoms with Gasteiger partial charge in [-0.25, -0.2) is 4.79 Å². The number of aromatic carboxylic acids is 1. The number of rotatable bonds is 2. The zero-order valence-corrected chi connectivity index (χ0v) is 11.9. The molecule has 3 rings (SSSR count). The molecule has 5 heteroatoms. The number of carboxylic acid groups (broad SMARTS) is 1. The Balaban J connectivity index is 2.36. The first kappa shape index (κ1) is 13.0. The van der Waals surface area contributed by atoms with Crippen molar-refractivity contribution in [2.45, 2.75) is 13.0 Å². The first-order valence-corrected chi connectivity index (χ1v) is 6.65. The number of nitrogens with zero attached hydrogens (tertiary/aromatic N) is 2. The van der Waals surface area contributed by atoms with Crippen molar-refractivity contribution in [3.05, 3.63) is 29.0 Å². The van der Waals surface area contributed by atoms with Crippen molar-refractivity contribution in [1.82, 2.24) is 4.90 Å². The number of hydrogen-bond donors (Lipinski definition) is 1. The van der Waals surface area contributed by atoms with Crippen LogP contribution in [0.3, 0.4) is 0 Å². The highest BCUT2D eigenvalue weighted by molar-refractivity contribution is 5.98. The third-order valence-corrected chi connectivity index (χ3v) is 3.89. The van der Waals surface area contributed by atoms with Gasteiger partial charge in [-0.3, -0.25) is 0 Å². The van der Waals surface area contributed by atoms with Gasteiger partial charge in [-0.05, 0) is 31.2 Å². The maximum atomic E-state index is 11.4. The average Bonchev–Trinajstić information content (AvgIpc) is 2.65. The quantitative estimate of drug-likeness (QED) is 0.909. The third kappa shape index (κ3) is 1.86. The number of likely N-dealkylation sites (N-methyl/N-ethyl adjacent to an activating group) is 1. The Morgan fingerprint density at radius 2 is 2.10 bits per heavy atom. The maximum Gasteiger partial charge on any atom is 0.372 e. The molecule has 0 saturated heterocycles. The van der Waals surface area contributed by atoms with E-state index in [2.05, 4.69) is 9.80 Å². The summed E-state index contributed by atoms with van der Waals surface area (Å²) in [7, 11) is 6.01. The molecule has 0 amide bonds. The van der Waals surface area contributed by atoms with E-state index in [0.717, 1.165) is 29.6 Å². The molecule has 1 aromatic heterocycles. The molecule has 2 heterocycles. The van der Waals surface area contributed by atoms with Gasteiger partial charge in [0, 0.05) is 43.8 Å². The minimum Gasteiger partial charge on any atom is -0.475 e. The molecule has 20 heavy (non-hydrogen) atoms. The van der Waals surface area contributed by atoms with E-state index < -0.39 is 5.97 Å². The molecule has 0 spiro atoms. The van der Waals surface area contributed by atoms with Crippen LogP contribution in [0.15, 0.2) is 16.5 Å². The van der Waals surface area contributed by atoms with Crippen LogP contribution in [0.4, 0.5) is 5.69 Å². The summed E-state index contributed by atoms with van der Waals surface area (Å²) in [4.78, 5) is 15.6. The normalized spacial score (nSPS) is 15.3. The Morgan fingerprint density at radius 3 is 2.75 bits per heavy atom. The van der Waals surface area contributed by atoms with E-state index in [-0.39, 0.29) is 5.76 Å². The Morgan fingerprint density at radius 1 is 1.35 bits per heavy atom. The van der Waals surface area contributed by atoms with E-state index in [1.54, 1.807) is 0 Å². The zero-order chi connectivity index (χ0) is 14.4. The van der Waals surface area contributed by atoms with Crippen molar-refractivity contribution in [3.63, 3.8) is 0 Å². The van der Waals surface area contributed by atoms with Gasteiger partial charge >= 0.3 is 5.97 Å². The Bertz CT molecular complexity index is 688. The van der Waals surface area contributed by atoms with Gasteiger partial charge in [-0.15, -0.1) is 0 Å². The maximum absolute atomic E-state index is 11.4. The van der Waals surface area contributed by atoms with Crippen molar-refractivity contribution < 1.29 is 14.3 Å². The fraction of sp³-hybridized carbons (Fsp3) is 0.400. The van der Waals surface area contributed by atoms with Gasteiger partial charge in [0.25, 0.3) is 0 Å². The van der Waals surface area contributed by atoms with E-state index in [4.69, 9.17) is 4.42 Å². The van der Waals surface area contributed by atoms with Crippen LogP contribution < -0.4 is 4.90 Å². The predicted octanol–water partition coefficient (Wildman–Crippen LogP) is 2.18. The van der Waals surface area contributed by atoms with Crippen LogP contribution >= 0.6 is 0 Å². The summed E-state index contributed by atoms with van der Waals surface area (Å²) < 4.78 is 5.57. The van der Waals surface area contributed by atoms with Gasteiger partial charge in [0.2, 0.25) is 5.76 Å². The molecule has 0 unspecified atom stereocenters. The largest absolute Gasteiger partial charge is 0.475 e. The van der Waals surface area contributed by atoms with Gasteiger partial charge in [0.05, 0.1) is 0 Å². The number of anilines is 1. The number of benzene rings is 1. The Kier molecular flexibility index (Phi) is 2.94. The lowest BCUT2D eigenvalue weighted by atomic mass is 10.0. The lowest BCUT2D eigenvalue weighted by Crippen LogP contribution is -2.20. The van der Waals surface area contributed by atoms with E-state index in [0.29, 0.717) is 12.1 Å². The molecule has 0 radical (unpaired) electrons. The second kappa shape index (κ2) is 4.52. The highest BCUT2D eigenvalue weighted by Crippen LogP contribution is 2.37. The van der Waals surface area contributed by atoms with E-state index in [1.807, 2.05) is 33.3 Å². The second-order valence-electron chi connectivity index (χ2n) is 5.53. The van der Waals surface area contributed by atoms with Crippen LogP contribution in [-0.2, 0) is 13.0 Å². The lowest BCUT2D eigenvalue weighted by Gasteiger charge is -2.18. The monoisotopic (exact) mass is 274 g/mol. The fourth-order valence-corrected chi connectivity index (χ4v) is 2.96. The Hall–Kier alpha value is -2.01. The minimum absolute atomic E-state index is 0.0749. The Labute approximate surface area is 117 Å². The lowest BCUT2D eigenvalue weighted by molar-refractivity contribution is 0.0662. The molecular weight excluding hydrogens is 256 g/mol. The summed E-state index contributed by atoms with van der Waals surface area (Å²) in [6, 6.07) is 3.87. The van der Waals surface area contributed by atoms with Crippen LogP contribution in [0.2, 0.25) is 0 Å². The van der Waals surface area contributed by atoms with Crippen LogP contribution in [0, 0.1) is 0 Å². The number of carboxylic acids is 1. The molecule has 106 valence electrons. The summed E-state index contributed by atoms with van der Waals surface area (Å²) in [5.41, 5.74) is 3.79. The summed E-state index contributed by atoms with van der Waals surface area (Å²) >= 11 is 0. The molecule has 2 aromatic rings. The molecule has 0 atom stereocenters. The molecule has 5 nitrogen and oxygen atoms in total. The van der Waals surface area contributed by atoms with Crippen LogP contribution in [0.5, 0.6) is 0 Å². The molecule has 0 bridgehead atoms. The highest BCUT2D eigenvalue weighted by atomic mass is 16.4. The van der Waals surface area contributed by atoms with Gasteiger partial charge in [-0.2, -0.15) is 0 Å². The van der Waals surface area contributed by atoms with Crippen LogP contribution in [-0.4, -0.2) is 43.7 Å². The molecule has 0 fully saturated rings. The van der Waals surface area contributed by atoms with Crippen molar-refractivity contribution in [2.24, 2.45) is 0 Å². The van der Waals surface area contributed by atoms with E-state index >= 15 is 0 Å². The topological polar surface area (TPSA) is 56.9 Å². The van der Waals surface area contributed by atoms with Gasteiger partial charge in [0.1, 0.15) is 5.58 Å². The third-order valence-electron chi connectivity index (χ3n) is 3.89. The van der Waals surface area contributed by atoms with E-state index in [1.165, 1.54) is 5.56 Å². The van der Waals surface area contributed by atoms with Crippen molar-refractivity contribution in [3.8, 4) is 0 Å². The summed E-state index contributed by atoms with van der Waals surface area (Å²) in [6.45, 7) is 1.52. The predicted molar refractivity (Wildman–Crippen MR) is 77.5 cm³/mol. The molecule has 0 aliphatic carbocycles. The molecule has 0 saturated carbocycles. The number of hydrogen-bond acceptors (Lipinski definition) is 4. The smallest absolute Gasteiger partial charge is 0.372 e. The highest BCUT2D eigenvalue weighted by Gasteiger charge is 2.26. The standard InChI is InChI=1S/C15H18N2O3/c1-16(2)11-4-5-12-13-9(11)6-7-17(3)8-10(13)14(20-12)15(18)19/h4-5H,6-8H2,1-3H3,(H,18,19). The van der Waals surface area contributed by atoms with Gasteiger partial charge in [-0.1, -0.05) is 0 Å². The first-order chi connectivity index (χ1) is 9.49. The average molecular weight is 274 g/mol. The summed E-state index contributed by atoms with van der Waals surface area (Å²) in [6.07, 6.45) is 0.896. The molecule has 1 aliphatic rings. The first-order valence-electron chi connectivity index (χ1n) is 6.65. The number of furan rings is 1. The summed E-state index contributed by atoms with van der Waals surface area (Å²) in [5.74, 6) is -0.922. The van der Waals surface area contributed by atoms with Crippen molar-refractivity contribution in [1.29, 1.82) is 0 Å². The van der Waals surface area contributed by atoms with Gasteiger partial charge in [0.15, 0.2) is 0 Å². The zero-order valence-electron chi connectivity index (χ0n) is 11.9. The van der Waals surface area contributed by atoms with Crippen molar-refractivity contribution >= 4 is 22.6 Å². The molecule has 1 aliphatic heterocycles. The molecule has 1 aromatic carbocycles. The van der Waals surface area contributed by atoms with Crippen molar-refractivity contribution in [2.75, 3.05) is 32.6 Å². The van der Waals surface area contributed by atoms with Crippen LogP contribution in [0.1, 0.15) is 21.7 Å². The fourth-order valence-electron chi connectivity index (χ4n) is 2.96. The summed E-state index contributed by atoms with van der Waals surface area (Å²) in [5, 5.41) is 10.3. The number of carbonyl (C=O) groups is 1. The minimum atomic E-state index is -0.996. The SMILES string of the molecule is CN1CCc2c(N(C)C)ccc3oc(C(=O)O)c(c23)C1. The second-order valence-corrected chi connectivity index (χ2v) is 5.53. The molecular formula is C15H18N2O3. The molecule has 1 N–H and O–H groups in total. The van der Waals surface area contributed by atoms with E-state index in [9.17, 15) is 9.90 Å². The van der Waals surface area contributed by atoms with Gasteiger partial charge < -0.3 is 19.3 Å². The van der Waals surface area contributed by atoms with Crippen LogP contribution in [0.25, 0.3) is 11.0 Å².